The van der Waals surface area contributed by atoms with Crippen molar-refractivity contribution >= 4 is 132 Å². The highest BCUT2D eigenvalue weighted by Crippen LogP contribution is 2.63. The molecule has 16 rings (SSSR count). The van der Waals surface area contributed by atoms with Crippen LogP contribution in [0.15, 0.2) is 146 Å². The summed E-state index contributed by atoms with van der Waals surface area (Å²) in [6.45, 7) is 25.2. The maximum Gasteiger partial charge on any atom is 0.252 e. The second kappa shape index (κ2) is 15.7. The first kappa shape index (κ1) is 47.6. The van der Waals surface area contributed by atoms with Gasteiger partial charge in [0.1, 0.15) is 0 Å². The molecule has 8 aromatic carbocycles. The molecule has 2 aromatic heterocycles. The molecule has 0 saturated heterocycles. The lowest BCUT2D eigenvalue weighted by Crippen LogP contribution is -2.62. The SMILES string of the molecule is CC1(C)CCC(C)(C)c2cc(N3c4cc5c(cc4B4c6ccc7sc8ccccc8c7c6N(c6cccc7sc8ccccc8c67)c6cc(N7c8ccccc8C8(C)CCCCC78C)cc3c64)C(C)(C)CCC5(C)C)ccc21. The summed E-state index contributed by atoms with van der Waals surface area (Å²) in [6, 6.07) is 58.6. The number of nitrogens with zero attached hydrogens (tertiary/aromatic N) is 3. The van der Waals surface area contributed by atoms with Gasteiger partial charge in [0.15, 0.2) is 0 Å². The van der Waals surface area contributed by atoms with E-state index in [-0.39, 0.29) is 39.3 Å². The zero-order valence-electron chi connectivity index (χ0n) is 47.2. The van der Waals surface area contributed by atoms with Crippen LogP contribution >= 0.6 is 22.7 Å². The third-order valence-electron chi connectivity index (χ3n) is 21.5. The van der Waals surface area contributed by atoms with E-state index in [0.29, 0.717) is 0 Å². The number of rotatable bonds is 3. The van der Waals surface area contributed by atoms with Gasteiger partial charge < -0.3 is 14.7 Å². The molecular weight excluding hydrogens is 982 g/mol. The molecule has 2 unspecified atom stereocenters. The van der Waals surface area contributed by atoms with Crippen LogP contribution in [-0.4, -0.2) is 12.3 Å². The monoisotopic (exact) mass is 1050 g/mol. The third-order valence-corrected chi connectivity index (χ3v) is 23.8. The van der Waals surface area contributed by atoms with Crippen molar-refractivity contribution in [1.82, 2.24) is 0 Å². The maximum atomic E-state index is 2.85. The second-order valence-corrected chi connectivity index (χ2v) is 29.8. The van der Waals surface area contributed by atoms with Crippen LogP contribution < -0.4 is 31.1 Å². The fourth-order valence-electron chi connectivity index (χ4n) is 16.8. The molecule has 0 spiro atoms. The predicted octanol–water partition coefficient (Wildman–Crippen LogP) is 18.9. The molecule has 78 heavy (non-hydrogen) atoms. The van der Waals surface area contributed by atoms with Gasteiger partial charge in [0.2, 0.25) is 0 Å². The molecule has 0 radical (unpaired) electrons. The topological polar surface area (TPSA) is 9.72 Å². The number of para-hydroxylation sites is 1. The lowest BCUT2D eigenvalue weighted by molar-refractivity contribution is 0.195. The van der Waals surface area contributed by atoms with E-state index in [2.05, 4.69) is 230 Å². The quantitative estimate of drug-likeness (QED) is 0.163. The Hall–Kier alpha value is -6.34. The molecule has 0 N–H and O–H groups in total. The molecule has 6 heteroatoms. The van der Waals surface area contributed by atoms with E-state index in [1.54, 1.807) is 0 Å². The van der Waals surface area contributed by atoms with Gasteiger partial charge in [-0.1, -0.05) is 154 Å². The first-order valence-electron chi connectivity index (χ1n) is 29.3. The Morgan fingerprint density at radius 1 is 0.385 bits per heavy atom. The van der Waals surface area contributed by atoms with E-state index in [1.165, 1.54) is 169 Å². The zero-order valence-corrected chi connectivity index (χ0v) is 48.9. The van der Waals surface area contributed by atoms with E-state index in [4.69, 9.17) is 0 Å². The summed E-state index contributed by atoms with van der Waals surface area (Å²) in [7, 11) is 0. The largest absolute Gasteiger partial charge is 0.334 e. The van der Waals surface area contributed by atoms with Crippen LogP contribution in [0.25, 0.3) is 40.3 Å². The Morgan fingerprint density at radius 2 is 0.949 bits per heavy atom. The van der Waals surface area contributed by atoms with Crippen LogP contribution in [0, 0.1) is 0 Å². The predicted molar refractivity (Wildman–Crippen MR) is 340 cm³/mol. The second-order valence-electron chi connectivity index (χ2n) is 27.6. The average Bonchev–Trinajstić information content (AvgIpc) is 3.22. The van der Waals surface area contributed by atoms with Crippen molar-refractivity contribution in [2.24, 2.45) is 0 Å². The fourth-order valence-corrected chi connectivity index (χ4v) is 19.0. The van der Waals surface area contributed by atoms with E-state index in [1.807, 2.05) is 22.7 Å². The van der Waals surface area contributed by atoms with Crippen molar-refractivity contribution in [2.45, 2.75) is 153 Å². The van der Waals surface area contributed by atoms with Crippen LogP contribution in [0.2, 0.25) is 0 Å². The van der Waals surface area contributed by atoms with Crippen molar-refractivity contribution in [3.05, 3.63) is 173 Å². The number of fused-ring (bicyclic) bond motifs is 16. The molecule has 1 saturated carbocycles. The van der Waals surface area contributed by atoms with Crippen LogP contribution in [0.5, 0.6) is 0 Å². The Morgan fingerprint density at radius 3 is 1.67 bits per heavy atom. The third kappa shape index (κ3) is 6.17. The number of benzene rings is 8. The number of anilines is 8. The summed E-state index contributed by atoms with van der Waals surface area (Å²) in [5.74, 6) is 0. The first-order chi connectivity index (χ1) is 37.4. The maximum absolute atomic E-state index is 2.85. The van der Waals surface area contributed by atoms with Crippen LogP contribution in [0.4, 0.5) is 45.5 Å². The van der Waals surface area contributed by atoms with E-state index >= 15 is 0 Å². The van der Waals surface area contributed by atoms with Crippen molar-refractivity contribution in [3.63, 3.8) is 0 Å². The van der Waals surface area contributed by atoms with Crippen molar-refractivity contribution in [1.29, 1.82) is 0 Å². The molecule has 0 bridgehead atoms. The molecular formula is C72H70BN3S2. The normalized spacial score (nSPS) is 22.7. The Balaban J connectivity index is 1.10. The zero-order chi connectivity index (χ0) is 53.2. The number of hydrogen-bond donors (Lipinski definition) is 0. The molecule has 2 atom stereocenters. The standard InChI is InChI=1S/C72H70BN3S2/c1-67(2)34-35-68(3,4)49-38-43(28-29-47(49)67)74-56-42-51-50(69(5,6)36-37-70(51,7)8)41-53(56)73-52-30-31-62-64(46-21-12-16-26-60(46)78-62)66(52)75(55-24-19-27-61-63(55)45-20-11-15-25-59(45)77-61)58-40-44(39-57(74)65(58)73)76-54-23-14-13-22-48(54)71(9)32-17-18-33-72(71,76)10/h11-16,19-31,38-42H,17-18,32-37H2,1-10H3. The lowest BCUT2D eigenvalue weighted by Gasteiger charge is -2.51. The Labute approximate surface area is 470 Å². The van der Waals surface area contributed by atoms with Gasteiger partial charge in [-0.15, -0.1) is 22.7 Å². The number of hydrogen-bond acceptors (Lipinski definition) is 5. The Bertz CT molecular complexity index is 4260. The molecule has 0 amide bonds. The van der Waals surface area contributed by atoms with Gasteiger partial charge in [-0.2, -0.15) is 0 Å². The summed E-state index contributed by atoms with van der Waals surface area (Å²) >= 11 is 3.87. The first-order valence-corrected chi connectivity index (χ1v) is 30.9. The lowest BCUT2D eigenvalue weighted by atomic mass is 9.33. The van der Waals surface area contributed by atoms with E-state index < -0.39 is 0 Å². The molecule has 3 nitrogen and oxygen atoms in total. The summed E-state index contributed by atoms with van der Waals surface area (Å²) in [5.41, 5.74) is 22.2. The van der Waals surface area contributed by atoms with Gasteiger partial charge >= 0.3 is 0 Å². The smallest absolute Gasteiger partial charge is 0.252 e. The van der Waals surface area contributed by atoms with Crippen LogP contribution in [-0.2, 0) is 27.1 Å². The highest BCUT2D eigenvalue weighted by Gasteiger charge is 2.58. The summed E-state index contributed by atoms with van der Waals surface area (Å²) in [4.78, 5) is 8.44. The van der Waals surface area contributed by atoms with Gasteiger partial charge in [0, 0.05) is 79.9 Å². The molecule has 3 aliphatic heterocycles. The van der Waals surface area contributed by atoms with Crippen LogP contribution in [0.1, 0.15) is 148 Å². The molecule has 6 aliphatic rings. The Kier molecular flexibility index (Phi) is 9.61. The summed E-state index contributed by atoms with van der Waals surface area (Å²) < 4.78 is 5.33. The van der Waals surface area contributed by atoms with E-state index in [0.717, 1.165) is 12.8 Å². The molecule has 10 aromatic rings. The van der Waals surface area contributed by atoms with E-state index in [9.17, 15) is 0 Å². The van der Waals surface area contributed by atoms with Gasteiger partial charge in [0.25, 0.3) is 6.71 Å². The van der Waals surface area contributed by atoms with Gasteiger partial charge in [-0.3, -0.25) is 0 Å². The van der Waals surface area contributed by atoms with Crippen molar-refractivity contribution < 1.29 is 0 Å². The highest BCUT2D eigenvalue weighted by atomic mass is 32.1. The summed E-state index contributed by atoms with van der Waals surface area (Å²) in [5, 5.41) is 5.36. The highest BCUT2D eigenvalue weighted by molar-refractivity contribution is 7.26. The molecule has 388 valence electrons. The fraction of sp³-hybridized carbons (Fsp3) is 0.333. The molecule has 1 fully saturated rings. The minimum absolute atomic E-state index is 0.00659. The van der Waals surface area contributed by atoms with Crippen molar-refractivity contribution in [2.75, 3.05) is 14.7 Å². The van der Waals surface area contributed by atoms with Gasteiger partial charge in [-0.25, -0.2) is 0 Å². The molecule has 3 aliphatic carbocycles. The minimum Gasteiger partial charge on any atom is -0.334 e. The number of thiophene rings is 2. The van der Waals surface area contributed by atoms with Gasteiger partial charge in [0.05, 0.1) is 16.9 Å². The summed E-state index contributed by atoms with van der Waals surface area (Å²) in [6.07, 6.45) is 9.50. The molecule has 5 heterocycles. The minimum atomic E-state index is -0.138. The van der Waals surface area contributed by atoms with Crippen LogP contribution in [0.3, 0.4) is 0 Å². The van der Waals surface area contributed by atoms with Crippen molar-refractivity contribution in [3.8, 4) is 0 Å². The van der Waals surface area contributed by atoms with Gasteiger partial charge in [-0.05, 0) is 178 Å². The average molecular weight is 1050 g/mol.